The molecule has 0 aliphatic rings. The SMILES string of the molecule is NS(=O)(=O)c1cccc(CNC(=O)c2ccc(-c3ccccc3)cc2)c1. The fourth-order valence-electron chi connectivity index (χ4n) is 2.56. The first-order chi connectivity index (χ1) is 12.4. The summed E-state index contributed by atoms with van der Waals surface area (Å²) in [6.07, 6.45) is 0. The van der Waals surface area contributed by atoms with E-state index < -0.39 is 10.0 Å². The number of sulfonamides is 1. The molecule has 3 N–H and O–H groups in total. The second-order valence-electron chi connectivity index (χ2n) is 5.82. The van der Waals surface area contributed by atoms with E-state index in [0.717, 1.165) is 11.1 Å². The summed E-state index contributed by atoms with van der Waals surface area (Å²) in [5.41, 5.74) is 3.31. The Kier molecular flexibility index (Phi) is 5.16. The lowest BCUT2D eigenvalue weighted by Gasteiger charge is -2.08. The summed E-state index contributed by atoms with van der Waals surface area (Å²) in [4.78, 5) is 12.3. The Morgan fingerprint density at radius 3 is 2.15 bits per heavy atom. The number of rotatable bonds is 5. The van der Waals surface area contributed by atoms with Gasteiger partial charge in [0.25, 0.3) is 5.91 Å². The summed E-state index contributed by atoms with van der Waals surface area (Å²) < 4.78 is 22.8. The van der Waals surface area contributed by atoms with E-state index >= 15 is 0 Å². The van der Waals surface area contributed by atoms with Crippen LogP contribution in [0.5, 0.6) is 0 Å². The van der Waals surface area contributed by atoms with Gasteiger partial charge in [-0.1, -0.05) is 54.6 Å². The maximum atomic E-state index is 12.3. The van der Waals surface area contributed by atoms with Gasteiger partial charge in [-0.2, -0.15) is 0 Å². The van der Waals surface area contributed by atoms with E-state index in [0.29, 0.717) is 11.1 Å². The van der Waals surface area contributed by atoms with E-state index in [1.54, 1.807) is 24.3 Å². The summed E-state index contributed by atoms with van der Waals surface area (Å²) in [7, 11) is -3.76. The third kappa shape index (κ3) is 4.36. The molecule has 0 aliphatic heterocycles. The van der Waals surface area contributed by atoms with Crippen molar-refractivity contribution in [1.82, 2.24) is 5.32 Å². The van der Waals surface area contributed by atoms with Crippen molar-refractivity contribution in [3.63, 3.8) is 0 Å². The minimum absolute atomic E-state index is 0.0245. The minimum atomic E-state index is -3.76. The number of hydrogen-bond donors (Lipinski definition) is 2. The zero-order chi connectivity index (χ0) is 18.6. The van der Waals surface area contributed by atoms with Crippen LogP contribution < -0.4 is 10.5 Å². The summed E-state index contributed by atoms with van der Waals surface area (Å²) in [5, 5.41) is 7.90. The molecular weight excluding hydrogens is 348 g/mol. The van der Waals surface area contributed by atoms with Crippen molar-refractivity contribution in [3.8, 4) is 11.1 Å². The fraction of sp³-hybridized carbons (Fsp3) is 0.0500. The molecule has 0 radical (unpaired) electrons. The van der Waals surface area contributed by atoms with Crippen molar-refractivity contribution < 1.29 is 13.2 Å². The molecule has 0 saturated heterocycles. The lowest BCUT2D eigenvalue weighted by Crippen LogP contribution is -2.23. The van der Waals surface area contributed by atoms with E-state index in [2.05, 4.69) is 5.32 Å². The lowest BCUT2D eigenvalue weighted by atomic mass is 10.0. The summed E-state index contributed by atoms with van der Waals surface area (Å²) in [5.74, 6) is -0.231. The Balaban J connectivity index is 1.67. The van der Waals surface area contributed by atoms with Crippen LogP contribution in [0.4, 0.5) is 0 Å². The minimum Gasteiger partial charge on any atom is -0.348 e. The number of nitrogens with one attached hydrogen (secondary N) is 1. The van der Waals surface area contributed by atoms with Gasteiger partial charge in [0.05, 0.1) is 4.90 Å². The standard InChI is InChI=1S/C20H18N2O3S/c21-26(24,25)19-8-4-5-15(13-19)14-22-20(23)18-11-9-17(10-12-18)16-6-2-1-3-7-16/h1-13H,14H2,(H,22,23)(H2,21,24,25). The molecule has 3 aromatic carbocycles. The zero-order valence-electron chi connectivity index (χ0n) is 13.9. The molecule has 3 aromatic rings. The van der Waals surface area contributed by atoms with E-state index in [-0.39, 0.29) is 17.3 Å². The average molecular weight is 366 g/mol. The number of carbonyl (C=O) groups excluding carboxylic acids is 1. The molecule has 0 saturated carbocycles. The highest BCUT2D eigenvalue weighted by molar-refractivity contribution is 7.89. The normalized spacial score (nSPS) is 11.1. The highest BCUT2D eigenvalue weighted by Crippen LogP contribution is 2.19. The van der Waals surface area contributed by atoms with Crippen LogP contribution in [0.2, 0.25) is 0 Å². The molecule has 0 atom stereocenters. The second-order valence-corrected chi connectivity index (χ2v) is 7.38. The van der Waals surface area contributed by atoms with Crippen LogP contribution >= 0.6 is 0 Å². The van der Waals surface area contributed by atoms with Crippen LogP contribution in [0.1, 0.15) is 15.9 Å². The van der Waals surface area contributed by atoms with Crippen LogP contribution in [-0.2, 0) is 16.6 Å². The quantitative estimate of drug-likeness (QED) is 0.727. The van der Waals surface area contributed by atoms with Gasteiger partial charge in [0.1, 0.15) is 0 Å². The molecule has 132 valence electrons. The van der Waals surface area contributed by atoms with Gasteiger partial charge in [0.2, 0.25) is 10.0 Å². The topological polar surface area (TPSA) is 89.3 Å². The van der Waals surface area contributed by atoms with Gasteiger partial charge in [0.15, 0.2) is 0 Å². The predicted molar refractivity (Wildman–Crippen MR) is 101 cm³/mol. The van der Waals surface area contributed by atoms with Crippen LogP contribution in [-0.4, -0.2) is 14.3 Å². The molecule has 0 spiro atoms. The Bertz CT molecular complexity index is 1010. The Labute approximate surface area is 152 Å². The highest BCUT2D eigenvalue weighted by Gasteiger charge is 2.09. The van der Waals surface area contributed by atoms with Crippen molar-refractivity contribution in [2.24, 2.45) is 5.14 Å². The summed E-state index contributed by atoms with van der Waals surface area (Å²) in [6, 6.07) is 23.4. The Morgan fingerprint density at radius 2 is 1.50 bits per heavy atom. The molecule has 0 fully saturated rings. The fourth-order valence-corrected chi connectivity index (χ4v) is 3.15. The average Bonchev–Trinajstić information content (AvgIpc) is 2.66. The number of benzene rings is 3. The maximum absolute atomic E-state index is 12.3. The molecule has 0 aromatic heterocycles. The number of primary sulfonamides is 1. The molecule has 0 heterocycles. The summed E-state index contributed by atoms with van der Waals surface area (Å²) in [6.45, 7) is 0.211. The van der Waals surface area contributed by atoms with Gasteiger partial charge >= 0.3 is 0 Å². The van der Waals surface area contributed by atoms with E-state index in [9.17, 15) is 13.2 Å². The van der Waals surface area contributed by atoms with E-state index in [1.807, 2.05) is 42.5 Å². The van der Waals surface area contributed by atoms with E-state index in [1.165, 1.54) is 12.1 Å². The number of carbonyl (C=O) groups is 1. The molecule has 0 unspecified atom stereocenters. The predicted octanol–water partition coefficient (Wildman–Crippen LogP) is 2.93. The van der Waals surface area contributed by atoms with Gasteiger partial charge in [-0.15, -0.1) is 0 Å². The Morgan fingerprint density at radius 1 is 0.846 bits per heavy atom. The van der Waals surface area contributed by atoms with Crippen LogP contribution in [0, 0.1) is 0 Å². The zero-order valence-corrected chi connectivity index (χ0v) is 14.7. The molecule has 5 nitrogen and oxygen atoms in total. The van der Waals surface area contributed by atoms with Gasteiger partial charge in [-0.3, -0.25) is 4.79 Å². The lowest BCUT2D eigenvalue weighted by molar-refractivity contribution is 0.0951. The van der Waals surface area contributed by atoms with Crippen molar-refractivity contribution in [2.75, 3.05) is 0 Å². The number of nitrogens with two attached hydrogens (primary N) is 1. The van der Waals surface area contributed by atoms with Crippen molar-refractivity contribution in [2.45, 2.75) is 11.4 Å². The largest absolute Gasteiger partial charge is 0.348 e. The first-order valence-corrected chi connectivity index (χ1v) is 9.53. The monoisotopic (exact) mass is 366 g/mol. The third-order valence-electron chi connectivity index (χ3n) is 3.93. The third-order valence-corrected chi connectivity index (χ3v) is 4.85. The second kappa shape index (κ2) is 7.51. The van der Waals surface area contributed by atoms with Gasteiger partial charge in [-0.25, -0.2) is 13.6 Å². The first kappa shape index (κ1) is 17.8. The van der Waals surface area contributed by atoms with Crippen molar-refractivity contribution in [3.05, 3.63) is 90.0 Å². The maximum Gasteiger partial charge on any atom is 0.251 e. The molecule has 6 heteroatoms. The molecule has 0 bridgehead atoms. The molecular formula is C20H18N2O3S. The number of amides is 1. The number of hydrogen-bond acceptors (Lipinski definition) is 3. The highest BCUT2D eigenvalue weighted by atomic mass is 32.2. The molecule has 1 amide bonds. The smallest absolute Gasteiger partial charge is 0.251 e. The van der Waals surface area contributed by atoms with Crippen LogP contribution in [0.25, 0.3) is 11.1 Å². The van der Waals surface area contributed by atoms with Crippen molar-refractivity contribution >= 4 is 15.9 Å². The van der Waals surface area contributed by atoms with E-state index in [4.69, 9.17) is 5.14 Å². The van der Waals surface area contributed by atoms with Gasteiger partial charge in [0, 0.05) is 12.1 Å². The van der Waals surface area contributed by atoms with Gasteiger partial charge < -0.3 is 5.32 Å². The van der Waals surface area contributed by atoms with Crippen LogP contribution in [0.15, 0.2) is 83.8 Å². The first-order valence-electron chi connectivity index (χ1n) is 7.99. The molecule has 0 aliphatic carbocycles. The Hall–Kier alpha value is -2.96. The molecule has 3 rings (SSSR count). The summed E-state index contributed by atoms with van der Waals surface area (Å²) >= 11 is 0. The molecule has 26 heavy (non-hydrogen) atoms. The van der Waals surface area contributed by atoms with Crippen molar-refractivity contribution in [1.29, 1.82) is 0 Å². The van der Waals surface area contributed by atoms with Gasteiger partial charge in [-0.05, 0) is 41.0 Å². The van der Waals surface area contributed by atoms with Crippen LogP contribution in [0.3, 0.4) is 0 Å².